The van der Waals surface area contributed by atoms with Gasteiger partial charge in [0.2, 0.25) is 11.9 Å². The molecule has 2 atom stereocenters. The Morgan fingerprint density at radius 1 is 1.19 bits per heavy atom. The molecule has 0 unspecified atom stereocenters. The molecule has 3 aromatic rings. The lowest BCUT2D eigenvalue weighted by atomic mass is 9.92. The van der Waals surface area contributed by atoms with E-state index in [2.05, 4.69) is 25.5 Å². The van der Waals surface area contributed by atoms with Crippen LogP contribution >= 0.6 is 0 Å². The monoisotopic (exact) mass is 417 g/mol. The zero-order valence-electron chi connectivity index (χ0n) is 17.0. The Kier molecular flexibility index (Phi) is 4.07. The first-order valence-electron chi connectivity index (χ1n) is 10.8. The summed E-state index contributed by atoms with van der Waals surface area (Å²) in [5.41, 5.74) is 2.98. The van der Waals surface area contributed by atoms with Crippen LogP contribution in [0.25, 0.3) is 11.3 Å². The van der Waals surface area contributed by atoms with Gasteiger partial charge < -0.3 is 10.4 Å². The molecule has 31 heavy (non-hydrogen) atoms. The molecule has 9 heteroatoms. The van der Waals surface area contributed by atoms with Crippen molar-refractivity contribution in [2.24, 2.45) is 0 Å². The minimum absolute atomic E-state index is 0.0148. The molecule has 6 rings (SSSR count). The highest BCUT2D eigenvalue weighted by atomic mass is 16.3. The van der Waals surface area contributed by atoms with E-state index in [1.165, 1.54) is 0 Å². The normalized spacial score (nSPS) is 23.8. The van der Waals surface area contributed by atoms with Crippen molar-refractivity contribution in [2.75, 3.05) is 10.2 Å². The SMILES string of the molecule is O=C1N([C@@H]2CCC[C@@H](O)C2)c2nc(Nc3cn[nH]c3-c3ccncc3)ncc2C12CC2. The summed E-state index contributed by atoms with van der Waals surface area (Å²) in [6.45, 7) is 0. The molecule has 3 N–H and O–H groups in total. The highest BCUT2D eigenvalue weighted by Gasteiger charge is 2.61. The highest BCUT2D eigenvalue weighted by molar-refractivity contribution is 6.09. The number of H-pyrrole nitrogens is 1. The van der Waals surface area contributed by atoms with E-state index in [0.717, 1.165) is 54.6 Å². The molecule has 3 aliphatic rings. The molecule has 0 radical (unpaired) electrons. The van der Waals surface area contributed by atoms with Crippen molar-refractivity contribution in [1.29, 1.82) is 0 Å². The third kappa shape index (κ3) is 2.91. The predicted molar refractivity (Wildman–Crippen MR) is 114 cm³/mol. The van der Waals surface area contributed by atoms with Crippen LogP contribution in [0.1, 0.15) is 44.1 Å². The van der Waals surface area contributed by atoms with Crippen molar-refractivity contribution in [3.63, 3.8) is 0 Å². The number of anilines is 3. The minimum Gasteiger partial charge on any atom is -0.393 e. The zero-order chi connectivity index (χ0) is 21.0. The van der Waals surface area contributed by atoms with Gasteiger partial charge in [-0.3, -0.25) is 19.8 Å². The predicted octanol–water partition coefficient (Wildman–Crippen LogP) is 2.69. The second-order valence-electron chi connectivity index (χ2n) is 8.68. The van der Waals surface area contributed by atoms with Gasteiger partial charge in [0.1, 0.15) is 5.82 Å². The summed E-state index contributed by atoms with van der Waals surface area (Å²) < 4.78 is 0. The fourth-order valence-corrected chi connectivity index (χ4v) is 4.96. The first kappa shape index (κ1) is 18.4. The first-order chi connectivity index (χ1) is 15.2. The van der Waals surface area contributed by atoms with Gasteiger partial charge in [0.25, 0.3) is 0 Å². The van der Waals surface area contributed by atoms with Crippen LogP contribution < -0.4 is 10.2 Å². The van der Waals surface area contributed by atoms with E-state index in [1.54, 1.807) is 24.8 Å². The van der Waals surface area contributed by atoms with Gasteiger partial charge in [-0.05, 0) is 50.7 Å². The number of hydrogen-bond acceptors (Lipinski definition) is 7. The summed E-state index contributed by atoms with van der Waals surface area (Å²) in [5, 5.41) is 20.6. The topological polar surface area (TPSA) is 120 Å². The van der Waals surface area contributed by atoms with Crippen molar-refractivity contribution in [1.82, 2.24) is 25.1 Å². The number of aromatic nitrogens is 5. The summed E-state index contributed by atoms with van der Waals surface area (Å²) >= 11 is 0. The summed E-state index contributed by atoms with van der Waals surface area (Å²) in [4.78, 5) is 28.6. The number of aromatic amines is 1. The Balaban J connectivity index is 1.35. The average molecular weight is 417 g/mol. The van der Waals surface area contributed by atoms with E-state index in [1.807, 2.05) is 17.0 Å². The van der Waals surface area contributed by atoms with E-state index in [4.69, 9.17) is 4.98 Å². The zero-order valence-corrected chi connectivity index (χ0v) is 17.0. The van der Waals surface area contributed by atoms with E-state index >= 15 is 0 Å². The number of nitrogens with one attached hydrogen (secondary N) is 2. The lowest BCUT2D eigenvalue weighted by molar-refractivity contribution is -0.121. The fraction of sp³-hybridized carbons (Fsp3) is 0.409. The molecule has 0 aromatic carbocycles. The molecule has 0 bridgehead atoms. The van der Waals surface area contributed by atoms with Crippen LogP contribution in [0.15, 0.2) is 36.9 Å². The summed E-state index contributed by atoms with van der Waals surface area (Å²) in [6, 6.07) is 3.78. The van der Waals surface area contributed by atoms with Crippen LogP contribution in [-0.2, 0) is 10.2 Å². The molecule has 9 nitrogen and oxygen atoms in total. The van der Waals surface area contributed by atoms with Crippen LogP contribution in [-0.4, -0.2) is 48.3 Å². The van der Waals surface area contributed by atoms with E-state index in [0.29, 0.717) is 18.2 Å². The number of nitrogens with zero attached hydrogens (tertiary/aromatic N) is 5. The van der Waals surface area contributed by atoms with Crippen LogP contribution in [0.3, 0.4) is 0 Å². The van der Waals surface area contributed by atoms with Crippen molar-refractivity contribution in [2.45, 2.75) is 56.1 Å². The molecule has 2 aliphatic carbocycles. The lowest BCUT2D eigenvalue weighted by Gasteiger charge is -2.33. The van der Waals surface area contributed by atoms with E-state index in [-0.39, 0.29) is 18.1 Å². The Bertz CT molecular complexity index is 1140. The number of rotatable bonds is 4. The molecule has 4 heterocycles. The largest absolute Gasteiger partial charge is 0.393 e. The first-order valence-corrected chi connectivity index (χ1v) is 10.8. The Morgan fingerprint density at radius 2 is 2.03 bits per heavy atom. The van der Waals surface area contributed by atoms with Crippen molar-refractivity contribution < 1.29 is 9.90 Å². The Morgan fingerprint density at radius 3 is 2.81 bits per heavy atom. The number of fused-ring (bicyclic) bond motifs is 2. The van der Waals surface area contributed by atoms with Gasteiger partial charge in [-0.1, -0.05) is 0 Å². The third-order valence-electron chi connectivity index (χ3n) is 6.73. The summed E-state index contributed by atoms with van der Waals surface area (Å²) in [7, 11) is 0. The van der Waals surface area contributed by atoms with E-state index < -0.39 is 5.41 Å². The van der Waals surface area contributed by atoms with Crippen LogP contribution in [0.5, 0.6) is 0 Å². The summed E-state index contributed by atoms with van der Waals surface area (Å²) in [5.74, 6) is 1.23. The number of hydrogen-bond donors (Lipinski definition) is 3. The molecule has 3 aromatic heterocycles. The molecule has 1 amide bonds. The maximum Gasteiger partial charge on any atom is 0.239 e. The molecule has 0 saturated heterocycles. The molecule has 158 valence electrons. The van der Waals surface area contributed by atoms with Crippen molar-refractivity contribution in [3.05, 3.63) is 42.5 Å². The number of aliphatic hydroxyl groups is 1. The van der Waals surface area contributed by atoms with E-state index in [9.17, 15) is 9.90 Å². The van der Waals surface area contributed by atoms with Crippen LogP contribution in [0.4, 0.5) is 17.5 Å². The molecule has 1 spiro atoms. The molecule has 2 saturated carbocycles. The van der Waals surface area contributed by atoms with Gasteiger partial charge in [-0.25, -0.2) is 4.98 Å². The van der Waals surface area contributed by atoms with Gasteiger partial charge in [0.15, 0.2) is 0 Å². The maximum absolute atomic E-state index is 13.4. The van der Waals surface area contributed by atoms with Gasteiger partial charge in [-0.15, -0.1) is 0 Å². The summed E-state index contributed by atoms with van der Waals surface area (Å²) in [6.07, 6.45) is 11.5. The number of amides is 1. The Labute approximate surface area is 178 Å². The average Bonchev–Trinajstić information content (AvgIpc) is 3.40. The number of aliphatic hydroxyl groups excluding tert-OH is 1. The third-order valence-corrected chi connectivity index (χ3v) is 6.73. The molecular formula is C22H23N7O2. The quantitative estimate of drug-likeness (QED) is 0.597. The standard InChI is InChI=1S/C22H23N7O2/c30-15-3-1-2-14(10-15)29-19-16(22(6-7-22)20(29)31)11-24-21(27-19)26-17-12-25-28-18(17)13-4-8-23-9-5-13/h4-5,8-9,11-12,14-15,30H,1-3,6-7,10H2,(H,25,28)(H,24,26,27)/t14-,15-/m1/s1. The second kappa shape index (κ2) is 6.84. The molecule has 2 fully saturated rings. The van der Waals surface area contributed by atoms with Crippen molar-refractivity contribution in [3.8, 4) is 11.3 Å². The molecule has 1 aliphatic heterocycles. The van der Waals surface area contributed by atoms with Gasteiger partial charge >= 0.3 is 0 Å². The van der Waals surface area contributed by atoms with Gasteiger partial charge in [0.05, 0.1) is 29.1 Å². The highest BCUT2D eigenvalue weighted by Crippen LogP contribution is 2.57. The number of carbonyl (C=O) groups excluding carboxylic acids is 1. The van der Waals surface area contributed by atoms with Gasteiger partial charge in [0, 0.05) is 35.8 Å². The fourth-order valence-electron chi connectivity index (χ4n) is 4.96. The maximum atomic E-state index is 13.4. The van der Waals surface area contributed by atoms with Gasteiger partial charge in [-0.2, -0.15) is 10.1 Å². The van der Waals surface area contributed by atoms with Crippen molar-refractivity contribution >= 4 is 23.4 Å². The smallest absolute Gasteiger partial charge is 0.239 e. The number of carbonyl (C=O) groups is 1. The molecular weight excluding hydrogens is 394 g/mol. The Hall–Kier alpha value is -3.33. The lowest BCUT2D eigenvalue weighted by Crippen LogP contribution is -2.44. The number of pyridine rings is 1. The van der Waals surface area contributed by atoms with Crippen LogP contribution in [0, 0.1) is 0 Å². The van der Waals surface area contributed by atoms with Crippen LogP contribution in [0.2, 0.25) is 0 Å². The second-order valence-corrected chi connectivity index (χ2v) is 8.68. The minimum atomic E-state index is -0.450.